The highest BCUT2D eigenvalue weighted by Gasteiger charge is 2.22. The van der Waals surface area contributed by atoms with Crippen molar-refractivity contribution in [2.75, 3.05) is 13.1 Å². The Morgan fingerprint density at radius 1 is 1.17 bits per heavy atom. The summed E-state index contributed by atoms with van der Waals surface area (Å²) in [7, 11) is 0. The van der Waals surface area contributed by atoms with Gasteiger partial charge >= 0.3 is 0 Å². The molecule has 23 heavy (non-hydrogen) atoms. The third-order valence-corrected chi connectivity index (χ3v) is 4.65. The molecule has 1 aliphatic heterocycles. The number of tetrazole rings is 1. The standard InChI is InChI=1S/C17H25N5O/c1-2-3-10-22-17(18-19-20-22)13-21-11-8-15(9-12-21)14-4-6-16(23)7-5-14/h4-7,15,23H,2-3,8-13H2,1H3. The highest BCUT2D eigenvalue weighted by atomic mass is 16.3. The van der Waals surface area contributed by atoms with Crippen molar-refractivity contribution < 1.29 is 5.11 Å². The lowest BCUT2D eigenvalue weighted by atomic mass is 9.89. The van der Waals surface area contributed by atoms with Crippen molar-refractivity contribution in [2.24, 2.45) is 0 Å². The van der Waals surface area contributed by atoms with E-state index in [1.165, 1.54) is 5.56 Å². The zero-order valence-electron chi connectivity index (χ0n) is 13.7. The molecule has 124 valence electrons. The Balaban J connectivity index is 1.53. The van der Waals surface area contributed by atoms with E-state index in [2.05, 4.69) is 27.3 Å². The fraction of sp³-hybridized carbons (Fsp3) is 0.588. The molecule has 3 rings (SSSR count). The largest absolute Gasteiger partial charge is 0.508 e. The Kier molecular flexibility index (Phi) is 5.23. The van der Waals surface area contributed by atoms with Crippen molar-refractivity contribution in [3.8, 4) is 5.75 Å². The summed E-state index contributed by atoms with van der Waals surface area (Å²) in [6.07, 6.45) is 4.54. The number of phenolic OH excluding ortho intramolecular Hbond substituents is 1. The summed E-state index contributed by atoms with van der Waals surface area (Å²) in [6.45, 7) is 6.04. The van der Waals surface area contributed by atoms with Gasteiger partial charge in [-0.25, -0.2) is 4.68 Å². The van der Waals surface area contributed by atoms with Gasteiger partial charge in [0, 0.05) is 6.54 Å². The van der Waals surface area contributed by atoms with Gasteiger partial charge in [-0.3, -0.25) is 4.90 Å². The Morgan fingerprint density at radius 3 is 2.61 bits per heavy atom. The van der Waals surface area contributed by atoms with Crippen molar-refractivity contribution in [3.05, 3.63) is 35.7 Å². The summed E-state index contributed by atoms with van der Waals surface area (Å²) >= 11 is 0. The van der Waals surface area contributed by atoms with Gasteiger partial charge in [0.2, 0.25) is 0 Å². The van der Waals surface area contributed by atoms with E-state index in [1.54, 1.807) is 12.1 Å². The molecule has 0 radical (unpaired) electrons. The van der Waals surface area contributed by atoms with Crippen LogP contribution in [0, 0.1) is 0 Å². The Hall–Kier alpha value is -1.95. The number of nitrogens with zero attached hydrogens (tertiary/aromatic N) is 5. The molecular formula is C17H25N5O. The van der Waals surface area contributed by atoms with Crippen molar-refractivity contribution in [2.45, 2.75) is 51.6 Å². The zero-order valence-corrected chi connectivity index (χ0v) is 13.7. The number of rotatable bonds is 6. The molecule has 2 aromatic rings. The second-order valence-electron chi connectivity index (χ2n) is 6.31. The van der Waals surface area contributed by atoms with Crippen molar-refractivity contribution in [3.63, 3.8) is 0 Å². The van der Waals surface area contributed by atoms with E-state index in [1.807, 2.05) is 16.8 Å². The molecule has 2 heterocycles. The van der Waals surface area contributed by atoms with Gasteiger partial charge in [-0.15, -0.1) is 5.10 Å². The van der Waals surface area contributed by atoms with E-state index in [9.17, 15) is 5.11 Å². The maximum Gasteiger partial charge on any atom is 0.165 e. The second kappa shape index (κ2) is 7.55. The van der Waals surface area contributed by atoms with Gasteiger partial charge < -0.3 is 5.11 Å². The van der Waals surface area contributed by atoms with Crippen LogP contribution in [-0.2, 0) is 13.1 Å². The van der Waals surface area contributed by atoms with Gasteiger partial charge in [0.15, 0.2) is 5.82 Å². The molecule has 1 aromatic heterocycles. The van der Waals surface area contributed by atoms with Gasteiger partial charge in [0.25, 0.3) is 0 Å². The van der Waals surface area contributed by atoms with Crippen LogP contribution < -0.4 is 0 Å². The number of aryl methyl sites for hydroxylation is 1. The average molecular weight is 315 g/mol. The molecule has 0 unspecified atom stereocenters. The molecule has 0 saturated carbocycles. The summed E-state index contributed by atoms with van der Waals surface area (Å²) in [6, 6.07) is 7.65. The number of phenols is 1. The first-order valence-electron chi connectivity index (χ1n) is 8.52. The van der Waals surface area contributed by atoms with Crippen LogP contribution in [0.15, 0.2) is 24.3 Å². The van der Waals surface area contributed by atoms with E-state index in [0.29, 0.717) is 11.7 Å². The topological polar surface area (TPSA) is 67.1 Å². The Bertz CT molecular complexity index is 602. The van der Waals surface area contributed by atoms with E-state index in [-0.39, 0.29) is 0 Å². The molecule has 1 aromatic carbocycles. The predicted molar refractivity (Wildman–Crippen MR) is 88.1 cm³/mol. The molecule has 1 aliphatic rings. The average Bonchev–Trinajstić information content (AvgIpc) is 3.01. The third-order valence-electron chi connectivity index (χ3n) is 4.65. The minimum atomic E-state index is 0.338. The Morgan fingerprint density at radius 2 is 1.91 bits per heavy atom. The zero-order chi connectivity index (χ0) is 16.1. The molecule has 1 N–H and O–H groups in total. The summed E-state index contributed by atoms with van der Waals surface area (Å²) in [5.41, 5.74) is 1.33. The molecule has 0 amide bonds. The molecule has 1 saturated heterocycles. The summed E-state index contributed by atoms with van der Waals surface area (Å²) in [4.78, 5) is 2.44. The van der Waals surface area contributed by atoms with Crippen LogP contribution in [0.5, 0.6) is 5.75 Å². The smallest absolute Gasteiger partial charge is 0.165 e. The first-order valence-corrected chi connectivity index (χ1v) is 8.52. The van der Waals surface area contributed by atoms with E-state index in [0.717, 1.165) is 57.7 Å². The normalized spacial score (nSPS) is 16.7. The molecule has 6 nitrogen and oxygen atoms in total. The quantitative estimate of drug-likeness (QED) is 0.887. The lowest BCUT2D eigenvalue weighted by Crippen LogP contribution is -2.33. The molecule has 0 aliphatic carbocycles. The first-order chi connectivity index (χ1) is 11.3. The fourth-order valence-electron chi connectivity index (χ4n) is 3.19. The number of unbranched alkanes of at least 4 members (excludes halogenated alkanes) is 1. The van der Waals surface area contributed by atoms with E-state index < -0.39 is 0 Å². The lowest BCUT2D eigenvalue weighted by molar-refractivity contribution is 0.196. The van der Waals surface area contributed by atoms with Crippen LogP contribution in [-0.4, -0.2) is 43.3 Å². The maximum atomic E-state index is 9.40. The highest BCUT2D eigenvalue weighted by Crippen LogP contribution is 2.29. The monoisotopic (exact) mass is 315 g/mol. The van der Waals surface area contributed by atoms with Gasteiger partial charge in [0.1, 0.15) is 5.75 Å². The predicted octanol–water partition coefficient (Wildman–Crippen LogP) is 2.56. The number of benzene rings is 1. The van der Waals surface area contributed by atoms with Crippen molar-refractivity contribution in [1.29, 1.82) is 0 Å². The Labute approximate surface area is 137 Å². The van der Waals surface area contributed by atoms with Gasteiger partial charge in [-0.2, -0.15) is 0 Å². The number of piperidine rings is 1. The second-order valence-corrected chi connectivity index (χ2v) is 6.31. The van der Waals surface area contributed by atoms with E-state index >= 15 is 0 Å². The summed E-state index contributed by atoms with van der Waals surface area (Å²) in [5, 5.41) is 21.5. The van der Waals surface area contributed by atoms with Crippen LogP contribution in [0.3, 0.4) is 0 Å². The summed E-state index contributed by atoms with van der Waals surface area (Å²) < 4.78 is 1.94. The number of aromatic hydroxyl groups is 1. The van der Waals surface area contributed by atoms with E-state index in [4.69, 9.17) is 0 Å². The van der Waals surface area contributed by atoms with Crippen LogP contribution in [0.4, 0.5) is 0 Å². The molecule has 0 bridgehead atoms. The molecular weight excluding hydrogens is 290 g/mol. The minimum absolute atomic E-state index is 0.338. The number of likely N-dealkylation sites (tertiary alicyclic amines) is 1. The maximum absolute atomic E-state index is 9.40. The van der Waals surface area contributed by atoms with Crippen LogP contribution in [0.2, 0.25) is 0 Å². The number of hydrogen-bond acceptors (Lipinski definition) is 5. The SMILES string of the molecule is CCCCn1nnnc1CN1CCC(c2ccc(O)cc2)CC1. The van der Waals surface area contributed by atoms with Crippen molar-refractivity contribution in [1.82, 2.24) is 25.1 Å². The van der Waals surface area contributed by atoms with Gasteiger partial charge in [-0.05, 0) is 66.4 Å². The van der Waals surface area contributed by atoms with Crippen molar-refractivity contribution >= 4 is 0 Å². The molecule has 0 atom stereocenters. The fourth-order valence-corrected chi connectivity index (χ4v) is 3.19. The number of hydrogen-bond donors (Lipinski definition) is 1. The van der Waals surface area contributed by atoms with Crippen LogP contribution >= 0.6 is 0 Å². The molecule has 1 fully saturated rings. The minimum Gasteiger partial charge on any atom is -0.508 e. The van der Waals surface area contributed by atoms with Crippen LogP contribution in [0.25, 0.3) is 0 Å². The number of aromatic nitrogens is 4. The van der Waals surface area contributed by atoms with Gasteiger partial charge in [-0.1, -0.05) is 25.5 Å². The molecule has 6 heteroatoms. The lowest BCUT2D eigenvalue weighted by Gasteiger charge is -2.31. The van der Waals surface area contributed by atoms with Gasteiger partial charge in [0.05, 0.1) is 6.54 Å². The first kappa shape index (κ1) is 15.9. The summed E-state index contributed by atoms with van der Waals surface area (Å²) in [5.74, 6) is 1.90. The molecule has 0 spiro atoms. The third kappa shape index (κ3) is 4.07. The highest BCUT2D eigenvalue weighted by molar-refractivity contribution is 5.28. The van der Waals surface area contributed by atoms with Crippen LogP contribution in [0.1, 0.15) is 49.9 Å².